The van der Waals surface area contributed by atoms with Gasteiger partial charge in [-0.25, -0.2) is 0 Å². The van der Waals surface area contributed by atoms with Crippen LogP contribution in [0.5, 0.6) is 0 Å². The van der Waals surface area contributed by atoms with Crippen molar-refractivity contribution >= 4 is 5.91 Å². The van der Waals surface area contributed by atoms with Crippen molar-refractivity contribution in [2.75, 3.05) is 6.61 Å². The van der Waals surface area contributed by atoms with Gasteiger partial charge in [0.05, 0.1) is 0 Å². The Balaban J connectivity index is 1.80. The molecule has 0 aliphatic heterocycles. The maximum Gasteiger partial charge on any atom is 0.224 e. The number of hydrogen-bond donors (Lipinski definition) is 2. The van der Waals surface area contributed by atoms with Crippen LogP contribution in [0.25, 0.3) is 0 Å². The first-order valence-corrected chi connectivity index (χ1v) is 5.62. The largest absolute Gasteiger partial charge is 0.396 e. The molecule has 0 aromatic rings. The number of hydrogen-bond acceptors (Lipinski definition) is 2. The lowest BCUT2D eigenvalue weighted by atomic mass is 10.1. The summed E-state index contributed by atoms with van der Waals surface area (Å²) in [5.41, 5.74) is 0.197. The van der Waals surface area contributed by atoms with E-state index in [1.165, 1.54) is 0 Å². The molecule has 2 N–H and O–H groups in total. The first-order valence-electron chi connectivity index (χ1n) is 5.62. The number of aliphatic hydroxyl groups is 1. The van der Waals surface area contributed by atoms with Gasteiger partial charge >= 0.3 is 0 Å². The Morgan fingerprint density at radius 3 is 2.67 bits per heavy atom. The van der Waals surface area contributed by atoms with E-state index in [9.17, 15) is 4.79 Å². The van der Waals surface area contributed by atoms with E-state index in [2.05, 4.69) is 19.2 Å². The molecule has 1 amide bonds. The Morgan fingerprint density at radius 2 is 2.20 bits per heavy atom. The molecular weight excluding hydrogens is 190 g/mol. The molecule has 1 fully saturated rings. The number of aliphatic hydroxyl groups excluding tert-OH is 1. The van der Waals surface area contributed by atoms with Gasteiger partial charge in [0, 0.05) is 24.5 Å². The lowest BCUT2D eigenvalue weighted by Gasteiger charge is -2.13. The molecule has 0 radical (unpaired) electrons. The lowest BCUT2D eigenvalue weighted by Crippen LogP contribution is -2.34. The minimum atomic E-state index is 0.131. The molecule has 0 heterocycles. The molecule has 3 nitrogen and oxygen atoms in total. The van der Waals surface area contributed by atoms with Crippen molar-refractivity contribution in [2.45, 2.75) is 32.7 Å². The van der Waals surface area contributed by atoms with Crippen LogP contribution in [0.2, 0.25) is 0 Å². The Morgan fingerprint density at radius 1 is 1.53 bits per heavy atom. The summed E-state index contributed by atoms with van der Waals surface area (Å²) in [6.07, 6.45) is 5.82. The van der Waals surface area contributed by atoms with Gasteiger partial charge in [0.15, 0.2) is 0 Å². The topological polar surface area (TPSA) is 49.3 Å². The highest BCUT2D eigenvalue weighted by Crippen LogP contribution is 2.51. The summed E-state index contributed by atoms with van der Waals surface area (Å²) >= 11 is 0. The third-order valence-electron chi connectivity index (χ3n) is 3.56. The standard InChI is InChI=1S/C12H19NO2/c1-12(2)6-10(12)11(15)13-9-4-3-8(5-9)7-14/h3-4,8-10,14H,5-7H2,1-2H3,(H,13,15)/t8-,9+,10+/m0/s1. The number of nitrogens with one attached hydrogen (secondary N) is 1. The van der Waals surface area contributed by atoms with Gasteiger partial charge in [0.1, 0.15) is 0 Å². The van der Waals surface area contributed by atoms with E-state index in [0.29, 0.717) is 0 Å². The van der Waals surface area contributed by atoms with Gasteiger partial charge in [-0.05, 0) is 18.3 Å². The zero-order valence-corrected chi connectivity index (χ0v) is 9.36. The summed E-state index contributed by atoms with van der Waals surface area (Å²) in [6, 6.07) is 0.131. The normalized spacial score (nSPS) is 36.6. The van der Waals surface area contributed by atoms with Gasteiger partial charge in [-0.15, -0.1) is 0 Å². The second-order valence-electron chi connectivity index (χ2n) is 5.42. The van der Waals surface area contributed by atoms with Crippen molar-refractivity contribution < 1.29 is 9.90 Å². The average Bonchev–Trinajstić information content (AvgIpc) is 2.62. The number of rotatable bonds is 3. The molecule has 2 rings (SSSR count). The lowest BCUT2D eigenvalue weighted by molar-refractivity contribution is -0.123. The molecule has 2 aliphatic carbocycles. The Bertz CT molecular complexity index is 296. The second kappa shape index (κ2) is 3.63. The minimum Gasteiger partial charge on any atom is -0.396 e. The molecule has 0 aromatic heterocycles. The van der Waals surface area contributed by atoms with Crippen LogP contribution >= 0.6 is 0 Å². The highest BCUT2D eigenvalue weighted by atomic mass is 16.3. The molecule has 1 saturated carbocycles. The minimum absolute atomic E-state index is 0.131. The molecule has 3 heteroatoms. The van der Waals surface area contributed by atoms with Gasteiger partial charge in [-0.3, -0.25) is 4.79 Å². The Hall–Kier alpha value is -0.830. The van der Waals surface area contributed by atoms with Crippen LogP contribution in [-0.2, 0) is 4.79 Å². The van der Waals surface area contributed by atoms with Crippen LogP contribution in [0.1, 0.15) is 26.7 Å². The fourth-order valence-electron chi connectivity index (χ4n) is 2.22. The molecule has 84 valence electrons. The third kappa shape index (κ3) is 2.23. The van der Waals surface area contributed by atoms with Crippen LogP contribution in [-0.4, -0.2) is 23.7 Å². The van der Waals surface area contributed by atoms with Gasteiger partial charge in [-0.1, -0.05) is 26.0 Å². The van der Waals surface area contributed by atoms with Gasteiger partial charge in [0.25, 0.3) is 0 Å². The summed E-state index contributed by atoms with van der Waals surface area (Å²) in [5, 5.41) is 12.0. The van der Waals surface area contributed by atoms with Crippen LogP contribution in [0.3, 0.4) is 0 Å². The molecule has 0 unspecified atom stereocenters. The number of carbonyl (C=O) groups is 1. The zero-order valence-electron chi connectivity index (χ0n) is 9.36. The Kier molecular flexibility index (Phi) is 2.59. The highest BCUT2D eigenvalue weighted by Gasteiger charge is 2.50. The molecule has 0 aromatic carbocycles. The molecule has 2 aliphatic rings. The van der Waals surface area contributed by atoms with E-state index in [0.717, 1.165) is 12.8 Å². The van der Waals surface area contributed by atoms with Gasteiger partial charge < -0.3 is 10.4 Å². The summed E-state index contributed by atoms with van der Waals surface area (Å²) in [4.78, 5) is 11.8. The van der Waals surface area contributed by atoms with Crippen LogP contribution in [0.15, 0.2) is 12.2 Å². The first-order chi connectivity index (χ1) is 7.03. The SMILES string of the molecule is CC1(C)C[C@@H]1C(=O)N[C@@H]1C=C[C@H](CO)C1. The predicted molar refractivity (Wildman–Crippen MR) is 58.2 cm³/mol. The van der Waals surface area contributed by atoms with E-state index in [1.807, 2.05) is 12.2 Å². The van der Waals surface area contributed by atoms with Crippen molar-refractivity contribution in [1.29, 1.82) is 0 Å². The summed E-state index contributed by atoms with van der Waals surface area (Å²) in [6.45, 7) is 4.42. The molecule has 15 heavy (non-hydrogen) atoms. The van der Waals surface area contributed by atoms with Gasteiger partial charge in [0.2, 0.25) is 5.91 Å². The quantitative estimate of drug-likeness (QED) is 0.683. The zero-order chi connectivity index (χ0) is 11.1. The molecule has 0 spiro atoms. The summed E-state index contributed by atoms with van der Waals surface area (Å²) < 4.78 is 0. The van der Waals surface area contributed by atoms with Crippen molar-refractivity contribution in [1.82, 2.24) is 5.32 Å². The predicted octanol–water partition coefficient (Wildman–Crippen LogP) is 1.09. The smallest absolute Gasteiger partial charge is 0.224 e. The number of carbonyl (C=O) groups excluding carboxylic acids is 1. The molecule has 0 saturated heterocycles. The first kappa shape index (κ1) is 10.7. The molecular formula is C12H19NO2. The van der Waals surface area contributed by atoms with Gasteiger partial charge in [-0.2, -0.15) is 0 Å². The highest BCUT2D eigenvalue weighted by molar-refractivity contribution is 5.82. The third-order valence-corrected chi connectivity index (χ3v) is 3.56. The average molecular weight is 209 g/mol. The fraction of sp³-hybridized carbons (Fsp3) is 0.750. The van der Waals surface area contributed by atoms with Crippen LogP contribution < -0.4 is 5.32 Å². The maximum absolute atomic E-state index is 11.8. The van der Waals surface area contributed by atoms with E-state index < -0.39 is 0 Å². The van der Waals surface area contributed by atoms with Crippen molar-refractivity contribution in [2.24, 2.45) is 17.3 Å². The maximum atomic E-state index is 11.8. The number of amides is 1. The van der Waals surface area contributed by atoms with Crippen LogP contribution in [0, 0.1) is 17.3 Å². The second-order valence-corrected chi connectivity index (χ2v) is 5.42. The Labute approximate surface area is 90.6 Å². The van der Waals surface area contributed by atoms with E-state index in [1.54, 1.807) is 0 Å². The summed E-state index contributed by atoms with van der Waals surface area (Å²) in [7, 11) is 0. The van der Waals surface area contributed by atoms with E-state index in [4.69, 9.17) is 5.11 Å². The van der Waals surface area contributed by atoms with E-state index >= 15 is 0 Å². The fourth-order valence-corrected chi connectivity index (χ4v) is 2.22. The van der Waals surface area contributed by atoms with E-state index in [-0.39, 0.29) is 35.8 Å². The molecule has 3 atom stereocenters. The van der Waals surface area contributed by atoms with Crippen molar-refractivity contribution in [3.8, 4) is 0 Å². The van der Waals surface area contributed by atoms with Crippen molar-refractivity contribution in [3.05, 3.63) is 12.2 Å². The monoisotopic (exact) mass is 209 g/mol. The van der Waals surface area contributed by atoms with Crippen LogP contribution in [0.4, 0.5) is 0 Å². The van der Waals surface area contributed by atoms with Crippen molar-refractivity contribution in [3.63, 3.8) is 0 Å². The summed E-state index contributed by atoms with van der Waals surface area (Å²) in [5.74, 6) is 0.592. The molecule has 0 bridgehead atoms.